The van der Waals surface area contributed by atoms with Crippen molar-refractivity contribution in [3.05, 3.63) is 70.7 Å². The van der Waals surface area contributed by atoms with Crippen molar-refractivity contribution in [2.45, 2.75) is 12.3 Å². The fourth-order valence-electron chi connectivity index (χ4n) is 2.19. The molecule has 1 nitrogen and oxygen atoms in total. The maximum absolute atomic E-state index is 5.94. The Bertz CT molecular complexity index is 464. The van der Waals surface area contributed by atoms with E-state index in [0.29, 0.717) is 5.92 Å². The number of likely N-dealkylation sites (N-methyl/N-ethyl adjacent to an activating group) is 1. The Hall–Kier alpha value is -1.31. The average Bonchev–Trinajstić information content (AvgIpc) is 2.40. The summed E-state index contributed by atoms with van der Waals surface area (Å²) >= 11 is 5.94. The molecule has 0 saturated carbocycles. The van der Waals surface area contributed by atoms with Crippen molar-refractivity contribution in [2.24, 2.45) is 0 Å². The lowest BCUT2D eigenvalue weighted by atomic mass is 9.92. The number of hydrogen-bond acceptors (Lipinski definition) is 1. The number of benzene rings is 2. The molecule has 2 aromatic carbocycles. The lowest BCUT2D eigenvalue weighted by Crippen LogP contribution is -2.19. The van der Waals surface area contributed by atoms with Gasteiger partial charge in [0.1, 0.15) is 0 Å². The van der Waals surface area contributed by atoms with Crippen molar-refractivity contribution < 1.29 is 0 Å². The van der Waals surface area contributed by atoms with Gasteiger partial charge in [0.15, 0.2) is 0 Å². The van der Waals surface area contributed by atoms with E-state index in [-0.39, 0.29) is 0 Å². The predicted octanol–water partition coefficient (Wildman–Crippen LogP) is 3.89. The average molecular weight is 260 g/mol. The normalized spacial score (nSPS) is 12.3. The Morgan fingerprint density at radius 3 is 2.28 bits per heavy atom. The molecule has 0 aromatic heterocycles. The van der Waals surface area contributed by atoms with E-state index < -0.39 is 0 Å². The quantitative estimate of drug-likeness (QED) is 0.859. The first-order valence-electron chi connectivity index (χ1n) is 6.23. The highest BCUT2D eigenvalue weighted by atomic mass is 35.5. The highest BCUT2D eigenvalue weighted by molar-refractivity contribution is 6.30. The number of rotatable bonds is 5. The summed E-state index contributed by atoms with van der Waals surface area (Å²) in [5.41, 5.74) is 2.70. The predicted molar refractivity (Wildman–Crippen MR) is 78.3 cm³/mol. The van der Waals surface area contributed by atoms with Crippen LogP contribution in [-0.2, 0) is 6.42 Å². The van der Waals surface area contributed by atoms with Gasteiger partial charge in [0.25, 0.3) is 0 Å². The maximum atomic E-state index is 5.94. The summed E-state index contributed by atoms with van der Waals surface area (Å²) < 4.78 is 0. The Morgan fingerprint density at radius 2 is 1.67 bits per heavy atom. The van der Waals surface area contributed by atoms with Gasteiger partial charge in [0.05, 0.1) is 0 Å². The van der Waals surface area contributed by atoms with Gasteiger partial charge < -0.3 is 5.32 Å². The number of halogens is 1. The fourth-order valence-corrected chi connectivity index (χ4v) is 2.31. The van der Waals surface area contributed by atoms with Crippen LogP contribution < -0.4 is 5.32 Å². The van der Waals surface area contributed by atoms with Crippen LogP contribution in [0.4, 0.5) is 0 Å². The molecule has 0 heterocycles. The van der Waals surface area contributed by atoms with E-state index in [4.69, 9.17) is 11.6 Å². The molecule has 1 atom stereocenters. The smallest absolute Gasteiger partial charge is 0.0406 e. The highest BCUT2D eigenvalue weighted by Gasteiger charge is 2.11. The molecule has 0 aliphatic rings. The summed E-state index contributed by atoms with van der Waals surface area (Å²) in [6.45, 7) is 0.969. The Balaban J connectivity index is 2.15. The fraction of sp³-hybridized carbons (Fsp3) is 0.250. The summed E-state index contributed by atoms with van der Waals surface area (Å²) in [5.74, 6) is 0.481. The zero-order valence-corrected chi connectivity index (χ0v) is 11.3. The first kappa shape index (κ1) is 13.1. The lowest BCUT2D eigenvalue weighted by molar-refractivity contribution is 0.626. The van der Waals surface area contributed by atoms with Gasteiger partial charge >= 0.3 is 0 Å². The molecule has 0 aliphatic heterocycles. The van der Waals surface area contributed by atoms with Gasteiger partial charge in [-0.3, -0.25) is 0 Å². The van der Waals surface area contributed by atoms with Crippen LogP contribution in [0, 0.1) is 0 Å². The van der Waals surface area contributed by atoms with Crippen molar-refractivity contribution in [2.75, 3.05) is 13.6 Å². The summed E-state index contributed by atoms with van der Waals surface area (Å²) in [5, 5.41) is 4.06. The van der Waals surface area contributed by atoms with Crippen LogP contribution in [-0.4, -0.2) is 13.6 Å². The van der Waals surface area contributed by atoms with Crippen molar-refractivity contribution >= 4 is 11.6 Å². The SMILES string of the molecule is CNCC(Cc1ccccc1)c1ccc(Cl)cc1. The van der Waals surface area contributed by atoms with Gasteiger partial charge in [-0.1, -0.05) is 54.1 Å². The minimum absolute atomic E-state index is 0.481. The van der Waals surface area contributed by atoms with Crippen LogP contribution in [0.1, 0.15) is 17.0 Å². The van der Waals surface area contributed by atoms with Crippen molar-refractivity contribution in [3.8, 4) is 0 Å². The van der Waals surface area contributed by atoms with Crippen molar-refractivity contribution in [1.29, 1.82) is 0 Å². The second-order valence-corrected chi connectivity index (χ2v) is 4.93. The van der Waals surface area contributed by atoms with Crippen LogP contribution in [0.15, 0.2) is 54.6 Å². The molecule has 2 aromatic rings. The molecule has 0 saturated heterocycles. The van der Waals surface area contributed by atoms with E-state index in [1.54, 1.807) is 0 Å². The second-order valence-electron chi connectivity index (χ2n) is 4.50. The minimum atomic E-state index is 0.481. The van der Waals surface area contributed by atoms with Gasteiger partial charge in [-0.15, -0.1) is 0 Å². The van der Waals surface area contributed by atoms with Crippen LogP contribution in [0.25, 0.3) is 0 Å². The second kappa shape index (κ2) is 6.58. The van der Waals surface area contributed by atoms with E-state index in [9.17, 15) is 0 Å². The molecular weight excluding hydrogens is 242 g/mol. The maximum Gasteiger partial charge on any atom is 0.0406 e. The molecule has 0 radical (unpaired) electrons. The molecular formula is C16H18ClN. The molecule has 18 heavy (non-hydrogen) atoms. The highest BCUT2D eigenvalue weighted by Crippen LogP contribution is 2.22. The standard InChI is InChI=1S/C16H18ClN/c1-18-12-15(11-13-5-3-2-4-6-13)14-7-9-16(17)10-8-14/h2-10,15,18H,11-12H2,1H3. The van der Waals surface area contributed by atoms with Gasteiger partial charge in [0.2, 0.25) is 0 Å². The minimum Gasteiger partial charge on any atom is -0.319 e. The van der Waals surface area contributed by atoms with E-state index in [2.05, 4.69) is 47.8 Å². The van der Waals surface area contributed by atoms with E-state index in [0.717, 1.165) is 18.0 Å². The number of hydrogen-bond donors (Lipinski definition) is 1. The molecule has 0 fully saturated rings. The Morgan fingerprint density at radius 1 is 1.00 bits per heavy atom. The summed E-state index contributed by atoms with van der Waals surface area (Å²) in [4.78, 5) is 0. The lowest BCUT2D eigenvalue weighted by Gasteiger charge is -2.17. The third-order valence-electron chi connectivity index (χ3n) is 3.12. The summed E-state index contributed by atoms with van der Waals surface area (Å²) in [6.07, 6.45) is 1.04. The molecule has 0 amide bonds. The Labute approximate surface area is 114 Å². The zero-order valence-electron chi connectivity index (χ0n) is 10.6. The summed E-state index contributed by atoms with van der Waals surface area (Å²) in [7, 11) is 1.99. The summed E-state index contributed by atoms with van der Waals surface area (Å²) in [6, 6.07) is 18.8. The topological polar surface area (TPSA) is 12.0 Å². The molecule has 1 N–H and O–H groups in total. The van der Waals surface area contributed by atoms with Gasteiger partial charge in [-0.2, -0.15) is 0 Å². The van der Waals surface area contributed by atoms with Crippen LogP contribution >= 0.6 is 11.6 Å². The monoisotopic (exact) mass is 259 g/mol. The molecule has 0 bridgehead atoms. The van der Waals surface area contributed by atoms with Crippen LogP contribution in [0.2, 0.25) is 5.02 Å². The number of nitrogens with one attached hydrogen (secondary N) is 1. The largest absolute Gasteiger partial charge is 0.319 e. The van der Waals surface area contributed by atoms with Crippen LogP contribution in [0.5, 0.6) is 0 Å². The van der Waals surface area contributed by atoms with Gasteiger partial charge in [0, 0.05) is 17.5 Å². The van der Waals surface area contributed by atoms with E-state index in [1.807, 2.05) is 19.2 Å². The first-order valence-corrected chi connectivity index (χ1v) is 6.61. The van der Waals surface area contributed by atoms with Crippen molar-refractivity contribution in [3.63, 3.8) is 0 Å². The Kier molecular flexibility index (Phi) is 4.80. The van der Waals surface area contributed by atoms with Crippen molar-refractivity contribution in [1.82, 2.24) is 5.32 Å². The molecule has 0 aliphatic carbocycles. The molecule has 1 unspecified atom stereocenters. The third kappa shape index (κ3) is 3.59. The first-order chi connectivity index (χ1) is 8.79. The third-order valence-corrected chi connectivity index (χ3v) is 3.37. The van der Waals surface area contributed by atoms with Gasteiger partial charge in [-0.05, 0) is 36.7 Å². The van der Waals surface area contributed by atoms with Gasteiger partial charge in [-0.25, -0.2) is 0 Å². The molecule has 2 heteroatoms. The van der Waals surface area contributed by atoms with E-state index in [1.165, 1.54) is 11.1 Å². The van der Waals surface area contributed by atoms with Crippen LogP contribution in [0.3, 0.4) is 0 Å². The molecule has 2 rings (SSSR count). The zero-order chi connectivity index (χ0) is 12.8. The van der Waals surface area contributed by atoms with E-state index >= 15 is 0 Å². The molecule has 94 valence electrons. The molecule has 0 spiro atoms.